The van der Waals surface area contributed by atoms with Crippen LogP contribution in [0.3, 0.4) is 0 Å². The third kappa shape index (κ3) is 2.56. The predicted octanol–water partition coefficient (Wildman–Crippen LogP) is 0.851. The lowest BCUT2D eigenvalue weighted by Gasteiger charge is -2.08. The Hall–Kier alpha value is -1.35. The summed E-state index contributed by atoms with van der Waals surface area (Å²) in [5.74, 6) is 0.127. The summed E-state index contributed by atoms with van der Waals surface area (Å²) in [6.07, 6.45) is 0.391. The topological polar surface area (TPSA) is 63.3 Å². The van der Waals surface area contributed by atoms with Crippen LogP contribution in [0.4, 0.5) is 0 Å². The number of carbonyl (C=O) groups is 1. The van der Waals surface area contributed by atoms with E-state index in [2.05, 4.69) is 0 Å². The van der Waals surface area contributed by atoms with E-state index in [-0.39, 0.29) is 11.5 Å². The summed E-state index contributed by atoms with van der Waals surface area (Å²) in [6, 6.07) is 6.37. The number of rotatable bonds is 3. The fraction of sp³-hybridized carbons (Fsp3) is 0.300. The summed E-state index contributed by atoms with van der Waals surface area (Å²) in [7, 11) is 0. The fourth-order valence-electron chi connectivity index (χ4n) is 1.06. The Morgan fingerprint density at radius 1 is 1.54 bits per heavy atom. The molecule has 3 N–H and O–H groups in total. The quantitative estimate of drug-likeness (QED) is 0.723. The van der Waals surface area contributed by atoms with Gasteiger partial charge >= 0.3 is 0 Å². The summed E-state index contributed by atoms with van der Waals surface area (Å²) in [6.45, 7) is 1.45. The van der Waals surface area contributed by atoms with E-state index in [0.29, 0.717) is 12.0 Å². The highest BCUT2D eigenvalue weighted by atomic mass is 16.3. The molecule has 0 amide bonds. The average molecular weight is 179 g/mol. The van der Waals surface area contributed by atoms with E-state index in [1.807, 2.05) is 6.07 Å². The van der Waals surface area contributed by atoms with Crippen LogP contribution in [-0.2, 0) is 11.2 Å². The first kappa shape index (κ1) is 9.74. The molecule has 0 heterocycles. The van der Waals surface area contributed by atoms with E-state index >= 15 is 0 Å². The van der Waals surface area contributed by atoms with Gasteiger partial charge in [-0.3, -0.25) is 4.79 Å². The van der Waals surface area contributed by atoms with E-state index in [0.717, 1.165) is 0 Å². The summed E-state index contributed by atoms with van der Waals surface area (Å²) in [5, 5.41) is 9.37. The van der Waals surface area contributed by atoms with Gasteiger partial charge in [0.05, 0.1) is 6.04 Å². The minimum atomic E-state index is -0.520. The Balaban J connectivity index is 2.74. The number of phenolic OH excluding ortho intramolecular Hbond substituents is 1. The van der Waals surface area contributed by atoms with Gasteiger partial charge in [0.15, 0.2) is 0 Å². The van der Waals surface area contributed by atoms with Crippen LogP contribution in [-0.4, -0.2) is 16.9 Å². The van der Waals surface area contributed by atoms with Crippen LogP contribution in [0.1, 0.15) is 12.5 Å². The van der Waals surface area contributed by atoms with Crippen molar-refractivity contribution in [2.45, 2.75) is 19.4 Å². The molecule has 13 heavy (non-hydrogen) atoms. The molecule has 3 heteroatoms. The van der Waals surface area contributed by atoms with Gasteiger partial charge in [0.25, 0.3) is 0 Å². The van der Waals surface area contributed by atoms with E-state index in [4.69, 9.17) is 5.73 Å². The van der Waals surface area contributed by atoms with Crippen LogP contribution in [0.5, 0.6) is 5.75 Å². The van der Waals surface area contributed by atoms with Crippen molar-refractivity contribution in [3.63, 3.8) is 0 Å². The molecule has 0 aromatic heterocycles. The number of hydrogen-bond donors (Lipinski definition) is 2. The van der Waals surface area contributed by atoms with Gasteiger partial charge in [-0.2, -0.15) is 0 Å². The van der Waals surface area contributed by atoms with Crippen molar-refractivity contribution in [3.8, 4) is 5.75 Å². The Bertz CT molecular complexity index is 310. The maximum Gasteiger partial charge on any atom is 0.146 e. The smallest absolute Gasteiger partial charge is 0.146 e. The summed E-state index contributed by atoms with van der Waals surface area (Å²) >= 11 is 0. The van der Waals surface area contributed by atoms with Crippen molar-refractivity contribution >= 4 is 5.78 Å². The van der Waals surface area contributed by atoms with Gasteiger partial charge in [0.1, 0.15) is 11.5 Å². The second-order valence-corrected chi connectivity index (χ2v) is 3.05. The Kier molecular flexibility index (Phi) is 3.03. The number of aromatic hydroxyl groups is 1. The van der Waals surface area contributed by atoms with E-state index < -0.39 is 6.04 Å². The van der Waals surface area contributed by atoms with Gasteiger partial charge in [-0.15, -0.1) is 0 Å². The second-order valence-electron chi connectivity index (χ2n) is 3.05. The zero-order chi connectivity index (χ0) is 9.84. The minimum Gasteiger partial charge on any atom is -0.508 e. The molecule has 0 aliphatic heterocycles. The van der Waals surface area contributed by atoms with E-state index in [9.17, 15) is 9.90 Å². The lowest BCUT2D eigenvalue weighted by molar-refractivity contribution is -0.118. The largest absolute Gasteiger partial charge is 0.508 e. The van der Waals surface area contributed by atoms with Crippen molar-refractivity contribution in [2.24, 2.45) is 5.73 Å². The first-order valence-corrected chi connectivity index (χ1v) is 4.14. The molecule has 1 aromatic rings. The number of carbonyl (C=O) groups excluding carboxylic acids is 1. The van der Waals surface area contributed by atoms with Crippen molar-refractivity contribution in [3.05, 3.63) is 29.8 Å². The highest BCUT2D eigenvalue weighted by Gasteiger charge is 2.10. The molecule has 0 fully saturated rings. The number of hydrogen-bond acceptors (Lipinski definition) is 3. The monoisotopic (exact) mass is 179 g/mol. The zero-order valence-electron chi connectivity index (χ0n) is 7.53. The third-order valence-electron chi connectivity index (χ3n) is 1.95. The zero-order valence-corrected chi connectivity index (χ0v) is 7.53. The van der Waals surface area contributed by atoms with Gasteiger partial charge in [-0.1, -0.05) is 18.2 Å². The lowest BCUT2D eigenvalue weighted by atomic mass is 10.0. The maximum atomic E-state index is 10.9. The third-order valence-corrected chi connectivity index (χ3v) is 1.95. The molecular weight excluding hydrogens is 166 g/mol. The van der Waals surface area contributed by atoms with Crippen molar-refractivity contribution in [1.29, 1.82) is 0 Å². The average Bonchev–Trinajstić information content (AvgIpc) is 2.08. The van der Waals surface area contributed by atoms with Crippen LogP contribution >= 0.6 is 0 Å². The number of para-hydroxylation sites is 1. The summed E-state index contributed by atoms with van der Waals surface area (Å²) in [5.41, 5.74) is 6.27. The fourth-order valence-corrected chi connectivity index (χ4v) is 1.06. The van der Waals surface area contributed by atoms with Crippen molar-refractivity contribution in [1.82, 2.24) is 0 Å². The molecule has 0 radical (unpaired) electrons. The van der Waals surface area contributed by atoms with Gasteiger partial charge < -0.3 is 10.8 Å². The molecule has 70 valence electrons. The summed E-state index contributed by atoms with van der Waals surface area (Å²) < 4.78 is 0. The first-order chi connectivity index (χ1) is 6.11. The molecule has 3 nitrogen and oxygen atoms in total. The van der Waals surface area contributed by atoms with Crippen molar-refractivity contribution in [2.75, 3.05) is 0 Å². The molecule has 1 atom stereocenters. The molecule has 0 spiro atoms. The first-order valence-electron chi connectivity index (χ1n) is 4.14. The molecule has 0 bridgehead atoms. The number of Topliss-reactive ketones (excluding diaryl/α,β-unsaturated/α-hetero) is 1. The number of benzene rings is 1. The molecule has 1 unspecified atom stereocenters. The van der Waals surface area contributed by atoms with E-state index in [1.165, 1.54) is 6.92 Å². The van der Waals surface area contributed by atoms with Gasteiger partial charge in [-0.05, 0) is 25.0 Å². The highest BCUT2D eigenvalue weighted by Crippen LogP contribution is 2.16. The van der Waals surface area contributed by atoms with Gasteiger partial charge in [-0.25, -0.2) is 0 Å². The highest BCUT2D eigenvalue weighted by molar-refractivity contribution is 5.81. The minimum absolute atomic E-state index is 0.0664. The molecule has 1 rings (SSSR count). The Morgan fingerprint density at radius 3 is 2.69 bits per heavy atom. The number of ketones is 1. The molecular formula is C10H13NO2. The van der Waals surface area contributed by atoms with E-state index in [1.54, 1.807) is 18.2 Å². The lowest BCUT2D eigenvalue weighted by Crippen LogP contribution is -2.30. The molecule has 0 aliphatic carbocycles. The van der Waals surface area contributed by atoms with Gasteiger partial charge in [0.2, 0.25) is 0 Å². The number of phenols is 1. The van der Waals surface area contributed by atoms with Crippen LogP contribution in [0.15, 0.2) is 24.3 Å². The van der Waals surface area contributed by atoms with Crippen LogP contribution in [0.2, 0.25) is 0 Å². The normalized spacial score (nSPS) is 12.5. The van der Waals surface area contributed by atoms with Crippen LogP contribution in [0, 0.1) is 0 Å². The Morgan fingerprint density at radius 2 is 2.15 bits per heavy atom. The van der Waals surface area contributed by atoms with Crippen LogP contribution < -0.4 is 5.73 Å². The Labute approximate surface area is 77.2 Å². The standard InChI is InChI=1S/C10H13NO2/c1-7(12)9(11)6-8-4-2-3-5-10(8)13/h2-5,9,13H,6,11H2,1H3. The SMILES string of the molecule is CC(=O)C(N)Cc1ccccc1O. The molecule has 0 saturated carbocycles. The maximum absolute atomic E-state index is 10.9. The molecule has 1 aromatic carbocycles. The molecule has 0 aliphatic rings. The second kappa shape index (κ2) is 4.05. The summed E-state index contributed by atoms with van der Waals surface area (Å²) in [4.78, 5) is 10.9. The van der Waals surface area contributed by atoms with Gasteiger partial charge in [0, 0.05) is 0 Å². The number of nitrogens with two attached hydrogens (primary N) is 1. The van der Waals surface area contributed by atoms with Crippen LogP contribution in [0.25, 0.3) is 0 Å². The predicted molar refractivity (Wildman–Crippen MR) is 50.5 cm³/mol. The van der Waals surface area contributed by atoms with Crippen molar-refractivity contribution < 1.29 is 9.90 Å². The molecule has 0 saturated heterocycles.